The second kappa shape index (κ2) is 4.34. The van der Waals surface area contributed by atoms with Crippen molar-refractivity contribution in [3.8, 4) is 0 Å². The van der Waals surface area contributed by atoms with Crippen LogP contribution in [0.4, 0.5) is 4.39 Å². The van der Waals surface area contributed by atoms with E-state index in [0.717, 1.165) is 18.4 Å². The zero-order valence-corrected chi connectivity index (χ0v) is 12.3. The van der Waals surface area contributed by atoms with Gasteiger partial charge in [0.05, 0.1) is 11.2 Å². The van der Waals surface area contributed by atoms with Gasteiger partial charge in [0.15, 0.2) is 0 Å². The highest BCUT2D eigenvalue weighted by atomic mass is 19.1. The van der Waals surface area contributed by atoms with Gasteiger partial charge in [0.25, 0.3) is 0 Å². The van der Waals surface area contributed by atoms with Crippen molar-refractivity contribution in [3.05, 3.63) is 11.3 Å². The molecule has 0 bridgehead atoms. The minimum Gasteiger partial charge on any atom is -0.398 e. The predicted octanol–water partition coefficient (Wildman–Crippen LogP) is 3.91. The van der Waals surface area contributed by atoms with Gasteiger partial charge in [-0.1, -0.05) is 13.8 Å². The van der Waals surface area contributed by atoms with Crippen LogP contribution < -0.4 is 0 Å². The summed E-state index contributed by atoms with van der Waals surface area (Å²) < 4.78 is 26.2. The van der Waals surface area contributed by atoms with Crippen LogP contribution in [0.1, 0.15) is 54.4 Å². The normalized spacial score (nSPS) is 27.7. The first-order chi connectivity index (χ1) is 8.16. The molecule has 1 heterocycles. The fourth-order valence-electron chi connectivity index (χ4n) is 2.42. The third-order valence-electron chi connectivity index (χ3n) is 4.38. The molecule has 0 spiro atoms. The van der Waals surface area contributed by atoms with E-state index < -0.39 is 18.3 Å². The Morgan fingerprint density at radius 2 is 1.56 bits per heavy atom. The standard InChI is InChI=1S/C14H24BFO2/c1-9(2)11(10-7-8-10)12(16)15-17-13(3,4)14(5,6)18-15/h9-10H,7-8H2,1-6H3. The lowest BCUT2D eigenvalue weighted by Crippen LogP contribution is -2.41. The summed E-state index contributed by atoms with van der Waals surface area (Å²) in [7, 11) is -0.826. The second-order valence-electron chi connectivity index (χ2n) is 6.82. The maximum atomic E-state index is 14.6. The third-order valence-corrected chi connectivity index (χ3v) is 4.38. The van der Waals surface area contributed by atoms with E-state index in [0.29, 0.717) is 5.92 Å². The molecule has 2 rings (SSSR count). The van der Waals surface area contributed by atoms with Crippen molar-refractivity contribution in [2.45, 2.75) is 65.6 Å². The van der Waals surface area contributed by atoms with Crippen molar-refractivity contribution < 1.29 is 13.7 Å². The summed E-state index contributed by atoms with van der Waals surface area (Å²) in [6, 6.07) is 0. The second-order valence-corrected chi connectivity index (χ2v) is 6.82. The summed E-state index contributed by atoms with van der Waals surface area (Å²) in [5.74, 6) is 0.626. The van der Waals surface area contributed by atoms with Gasteiger partial charge in [-0.3, -0.25) is 0 Å². The maximum absolute atomic E-state index is 14.6. The van der Waals surface area contributed by atoms with Crippen molar-refractivity contribution in [3.63, 3.8) is 0 Å². The summed E-state index contributed by atoms with van der Waals surface area (Å²) in [5, 5.41) is 0. The van der Waals surface area contributed by atoms with Gasteiger partial charge in [-0.15, -0.1) is 0 Å². The largest absolute Gasteiger partial charge is 0.525 e. The van der Waals surface area contributed by atoms with Crippen molar-refractivity contribution in [1.29, 1.82) is 0 Å². The zero-order valence-electron chi connectivity index (χ0n) is 12.3. The van der Waals surface area contributed by atoms with E-state index in [1.54, 1.807) is 0 Å². The van der Waals surface area contributed by atoms with Gasteiger partial charge < -0.3 is 9.31 Å². The van der Waals surface area contributed by atoms with Gasteiger partial charge in [-0.2, -0.15) is 0 Å². The fraction of sp³-hybridized carbons (Fsp3) is 0.857. The van der Waals surface area contributed by atoms with E-state index in [4.69, 9.17) is 9.31 Å². The van der Waals surface area contributed by atoms with Crippen LogP contribution in [0.5, 0.6) is 0 Å². The molecule has 1 aliphatic heterocycles. The quantitative estimate of drug-likeness (QED) is 0.711. The zero-order chi connectivity index (χ0) is 13.7. The number of halogens is 1. The molecule has 0 radical (unpaired) electrons. The van der Waals surface area contributed by atoms with Crippen LogP contribution in [0.3, 0.4) is 0 Å². The van der Waals surface area contributed by atoms with Crippen molar-refractivity contribution in [2.75, 3.05) is 0 Å². The monoisotopic (exact) mass is 254 g/mol. The molecule has 2 fully saturated rings. The molecule has 4 heteroatoms. The summed E-state index contributed by atoms with van der Waals surface area (Å²) in [6.45, 7) is 11.9. The topological polar surface area (TPSA) is 18.5 Å². The molecule has 1 saturated heterocycles. The van der Waals surface area contributed by atoms with Crippen LogP contribution in [0.2, 0.25) is 0 Å². The van der Waals surface area contributed by atoms with Crippen LogP contribution >= 0.6 is 0 Å². The first-order valence-electron chi connectivity index (χ1n) is 6.91. The molecule has 2 aliphatic rings. The van der Waals surface area contributed by atoms with E-state index in [2.05, 4.69) is 0 Å². The molecule has 0 aromatic rings. The molecule has 0 amide bonds. The van der Waals surface area contributed by atoms with Crippen molar-refractivity contribution >= 4 is 7.12 Å². The summed E-state index contributed by atoms with van der Waals surface area (Å²) in [6.07, 6.45) is 2.20. The molecule has 0 unspecified atom stereocenters. The Morgan fingerprint density at radius 3 is 1.89 bits per heavy atom. The van der Waals surface area contributed by atoms with E-state index in [1.165, 1.54) is 0 Å². The molecule has 0 aromatic carbocycles. The molecule has 1 saturated carbocycles. The maximum Gasteiger partial charge on any atom is 0.525 e. The summed E-state index contributed by atoms with van der Waals surface area (Å²) in [5.41, 5.74) is -0.235. The third kappa shape index (κ3) is 2.37. The Bertz CT molecular complexity index is 350. The minimum atomic E-state index is -0.826. The number of hydrogen-bond donors (Lipinski definition) is 0. The Morgan fingerprint density at radius 1 is 1.11 bits per heavy atom. The average molecular weight is 254 g/mol. The lowest BCUT2D eigenvalue weighted by atomic mass is 9.80. The van der Waals surface area contributed by atoms with Gasteiger partial charge in [0, 0.05) is 0 Å². The predicted molar refractivity (Wildman–Crippen MR) is 71.8 cm³/mol. The molecule has 0 N–H and O–H groups in total. The van der Waals surface area contributed by atoms with Crippen molar-refractivity contribution in [1.82, 2.24) is 0 Å². The molecular formula is C14H24BFO2. The minimum absolute atomic E-state index is 0.189. The Balaban J connectivity index is 2.25. The van der Waals surface area contributed by atoms with Crippen LogP contribution in [0.15, 0.2) is 11.3 Å². The molecule has 1 aliphatic carbocycles. The number of allylic oxidation sites excluding steroid dienone is 1. The molecular weight excluding hydrogens is 230 g/mol. The van der Waals surface area contributed by atoms with Crippen LogP contribution in [0, 0.1) is 11.8 Å². The van der Waals surface area contributed by atoms with Crippen LogP contribution in [0.25, 0.3) is 0 Å². The lowest BCUT2D eigenvalue weighted by Gasteiger charge is -2.32. The van der Waals surface area contributed by atoms with E-state index in [1.807, 2.05) is 41.5 Å². The fourth-order valence-corrected chi connectivity index (χ4v) is 2.42. The number of hydrogen-bond acceptors (Lipinski definition) is 2. The van der Waals surface area contributed by atoms with Crippen LogP contribution in [-0.2, 0) is 9.31 Å². The highest BCUT2D eigenvalue weighted by molar-refractivity contribution is 6.53. The first kappa shape index (κ1) is 14.1. The molecule has 0 aromatic heterocycles. The number of rotatable bonds is 3. The Labute approximate surface area is 110 Å². The Hall–Kier alpha value is -0.345. The van der Waals surface area contributed by atoms with Crippen molar-refractivity contribution in [2.24, 2.45) is 11.8 Å². The molecule has 18 heavy (non-hydrogen) atoms. The van der Waals surface area contributed by atoms with Gasteiger partial charge >= 0.3 is 7.12 Å². The molecule has 102 valence electrons. The first-order valence-corrected chi connectivity index (χ1v) is 6.91. The van der Waals surface area contributed by atoms with Gasteiger partial charge in [0.1, 0.15) is 5.73 Å². The highest BCUT2D eigenvalue weighted by Gasteiger charge is 2.54. The highest BCUT2D eigenvalue weighted by Crippen LogP contribution is 2.45. The molecule has 2 nitrogen and oxygen atoms in total. The van der Waals surface area contributed by atoms with E-state index in [-0.39, 0.29) is 11.6 Å². The van der Waals surface area contributed by atoms with E-state index in [9.17, 15) is 4.39 Å². The summed E-state index contributed by atoms with van der Waals surface area (Å²) in [4.78, 5) is 0. The Kier molecular flexibility index (Phi) is 3.40. The summed E-state index contributed by atoms with van der Waals surface area (Å²) >= 11 is 0. The van der Waals surface area contributed by atoms with Crippen LogP contribution in [-0.4, -0.2) is 18.3 Å². The van der Waals surface area contributed by atoms with E-state index >= 15 is 0 Å². The average Bonchev–Trinajstić information content (AvgIpc) is 2.95. The molecule has 0 atom stereocenters. The smallest absolute Gasteiger partial charge is 0.398 e. The van der Waals surface area contributed by atoms with Gasteiger partial charge in [-0.05, 0) is 57.9 Å². The van der Waals surface area contributed by atoms with Gasteiger partial charge in [0.2, 0.25) is 0 Å². The van der Waals surface area contributed by atoms with Gasteiger partial charge in [-0.25, -0.2) is 4.39 Å². The lowest BCUT2D eigenvalue weighted by molar-refractivity contribution is 0.00578. The SMILES string of the molecule is CC(C)C(=C(F)B1OC(C)(C)C(C)(C)O1)C1CC1.